The largest absolute Gasteiger partial charge is 0.454 e. The van der Waals surface area contributed by atoms with Gasteiger partial charge in [0.1, 0.15) is 6.10 Å². The standard InChI is InChI=1S/C35H38N2O3/c1-25(2)34(38)36-30-15-8-14-29(24-30)26-18-21-37(22-19-26)23-20-33(28-11-4-3-5-12-28)40-35(39)32-17-9-13-27-10-6-7-16-31(27)32/h3-17,24-26,33H,18-23H2,1-2H3,(H,36,38). The number of esters is 1. The summed E-state index contributed by atoms with van der Waals surface area (Å²) in [6.07, 6.45) is 2.55. The van der Waals surface area contributed by atoms with Crippen LogP contribution >= 0.6 is 0 Å². The lowest BCUT2D eigenvalue weighted by atomic mass is 9.89. The van der Waals surface area contributed by atoms with Gasteiger partial charge in [0.25, 0.3) is 0 Å². The van der Waals surface area contributed by atoms with E-state index in [1.165, 1.54) is 5.56 Å². The van der Waals surface area contributed by atoms with Gasteiger partial charge in [-0.05, 0) is 71.9 Å². The third-order valence-corrected chi connectivity index (χ3v) is 7.88. The van der Waals surface area contributed by atoms with Crippen molar-refractivity contribution in [3.05, 3.63) is 114 Å². The minimum absolute atomic E-state index is 0.0427. The fourth-order valence-corrected chi connectivity index (χ4v) is 5.50. The molecule has 206 valence electrons. The van der Waals surface area contributed by atoms with Crippen molar-refractivity contribution >= 4 is 28.3 Å². The normalized spacial score (nSPS) is 15.2. The third kappa shape index (κ3) is 6.78. The molecule has 1 unspecified atom stereocenters. The lowest BCUT2D eigenvalue weighted by molar-refractivity contribution is -0.118. The molecule has 0 bridgehead atoms. The van der Waals surface area contributed by atoms with Crippen LogP contribution in [0.3, 0.4) is 0 Å². The fourth-order valence-electron chi connectivity index (χ4n) is 5.50. The number of ether oxygens (including phenoxy) is 1. The molecule has 1 aliphatic heterocycles. The Morgan fingerprint density at radius 3 is 2.35 bits per heavy atom. The molecule has 5 nitrogen and oxygen atoms in total. The summed E-state index contributed by atoms with van der Waals surface area (Å²) in [6, 6.07) is 32.1. The first-order chi connectivity index (χ1) is 19.5. The second-order valence-electron chi connectivity index (χ2n) is 11.0. The summed E-state index contributed by atoms with van der Waals surface area (Å²) in [6.45, 7) is 6.65. The minimum atomic E-state index is -0.313. The van der Waals surface area contributed by atoms with Crippen LogP contribution in [0.4, 0.5) is 5.69 Å². The number of fused-ring (bicyclic) bond motifs is 1. The van der Waals surface area contributed by atoms with Crippen LogP contribution in [0.5, 0.6) is 0 Å². The van der Waals surface area contributed by atoms with Gasteiger partial charge in [0.05, 0.1) is 5.56 Å². The number of nitrogens with one attached hydrogen (secondary N) is 1. The highest BCUT2D eigenvalue weighted by atomic mass is 16.5. The van der Waals surface area contributed by atoms with Crippen molar-refractivity contribution in [1.82, 2.24) is 4.90 Å². The third-order valence-electron chi connectivity index (χ3n) is 7.88. The summed E-state index contributed by atoms with van der Waals surface area (Å²) in [5, 5.41) is 4.97. The number of amides is 1. The Balaban J connectivity index is 1.21. The smallest absolute Gasteiger partial charge is 0.339 e. The Morgan fingerprint density at radius 1 is 0.875 bits per heavy atom. The first-order valence-electron chi connectivity index (χ1n) is 14.3. The molecule has 1 amide bonds. The Kier molecular flexibility index (Phi) is 8.92. The zero-order chi connectivity index (χ0) is 27.9. The Morgan fingerprint density at radius 2 is 1.57 bits per heavy atom. The number of carbonyl (C=O) groups excluding carboxylic acids is 2. The van der Waals surface area contributed by atoms with Crippen molar-refractivity contribution in [3.63, 3.8) is 0 Å². The molecule has 1 heterocycles. The maximum atomic E-state index is 13.4. The van der Waals surface area contributed by atoms with E-state index in [2.05, 4.69) is 22.3 Å². The molecule has 4 aromatic rings. The summed E-state index contributed by atoms with van der Waals surface area (Å²) >= 11 is 0. The molecule has 1 atom stereocenters. The van der Waals surface area contributed by atoms with Crippen LogP contribution in [0.1, 0.15) is 66.6 Å². The van der Waals surface area contributed by atoms with Crippen LogP contribution < -0.4 is 5.32 Å². The van der Waals surface area contributed by atoms with E-state index in [0.717, 1.165) is 60.9 Å². The van der Waals surface area contributed by atoms with E-state index in [0.29, 0.717) is 11.5 Å². The summed E-state index contributed by atoms with van der Waals surface area (Å²) in [5.74, 6) is 0.189. The van der Waals surface area contributed by atoms with Crippen molar-refractivity contribution < 1.29 is 14.3 Å². The quantitative estimate of drug-likeness (QED) is 0.225. The molecular weight excluding hydrogens is 496 g/mol. The highest BCUT2D eigenvalue weighted by Crippen LogP contribution is 2.31. The molecule has 0 saturated carbocycles. The van der Waals surface area contributed by atoms with Gasteiger partial charge in [-0.1, -0.05) is 92.7 Å². The van der Waals surface area contributed by atoms with E-state index in [-0.39, 0.29) is 23.9 Å². The molecule has 0 spiro atoms. The van der Waals surface area contributed by atoms with Gasteiger partial charge in [-0.2, -0.15) is 0 Å². The highest BCUT2D eigenvalue weighted by molar-refractivity contribution is 6.04. The second kappa shape index (κ2) is 12.9. The molecule has 1 fully saturated rings. The lowest BCUT2D eigenvalue weighted by Gasteiger charge is -2.33. The van der Waals surface area contributed by atoms with Crippen LogP contribution in [-0.4, -0.2) is 36.4 Å². The number of nitrogens with zero attached hydrogens (tertiary/aromatic N) is 1. The first kappa shape index (κ1) is 27.6. The van der Waals surface area contributed by atoms with Crippen molar-refractivity contribution in [1.29, 1.82) is 0 Å². The van der Waals surface area contributed by atoms with E-state index >= 15 is 0 Å². The van der Waals surface area contributed by atoms with E-state index in [9.17, 15) is 9.59 Å². The highest BCUT2D eigenvalue weighted by Gasteiger charge is 2.24. The monoisotopic (exact) mass is 534 g/mol. The van der Waals surface area contributed by atoms with Crippen molar-refractivity contribution in [2.24, 2.45) is 5.92 Å². The molecule has 1 aliphatic rings. The summed E-state index contributed by atoms with van der Waals surface area (Å²) in [5.41, 5.74) is 3.78. The maximum Gasteiger partial charge on any atom is 0.339 e. The molecule has 40 heavy (non-hydrogen) atoms. The van der Waals surface area contributed by atoms with E-state index in [1.807, 2.05) is 98.8 Å². The number of anilines is 1. The van der Waals surface area contributed by atoms with Crippen LogP contribution in [-0.2, 0) is 9.53 Å². The average molecular weight is 535 g/mol. The molecule has 0 radical (unpaired) electrons. The molecule has 0 aromatic heterocycles. The van der Waals surface area contributed by atoms with E-state index < -0.39 is 0 Å². The average Bonchev–Trinajstić information content (AvgIpc) is 2.99. The minimum Gasteiger partial charge on any atom is -0.454 e. The molecular formula is C35H38N2O3. The predicted octanol–water partition coefficient (Wildman–Crippen LogP) is 7.60. The van der Waals surface area contributed by atoms with Crippen LogP contribution in [0.15, 0.2) is 97.1 Å². The topological polar surface area (TPSA) is 58.6 Å². The Hall–Kier alpha value is -3.96. The van der Waals surface area contributed by atoms with Crippen molar-refractivity contribution in [2.45, 2.75) is 45.1 Å². The second-order valence-corrected chi connectivity index (χ2v) is 11.0. The maximum absolute atomic E-state index is 13.4. The lowest BCUT2D eigenvalue weighted by Crippen LogP contribution is -2.34. The molecule has 1 N–H and O–H groups in total. The van der Waals surface area contributed by atoms with Gasteiger partial charge in [-0.25, -0.2) is 4.79 Å². The molecule has 4 aromatic carbocycles. The number of piperidine rings is 1. The predicted molar refractivity (Wildman–Crippen MR) is 161 cm³/mol. The number of rotatable bonds is 9. The molecule has 5 rings (SSSR count). The molecule has 0 aliphatic carbocycles. The van der Waals surface area contributed by atoms with E-state index in [1.54, 1.807) is 0 Å². The zero-order valence-electron chi connectivity index (χ0n) is 23.4. The van der Waals surface area contributed by atoms with Crippen LogP contribution in [0, 0.1) is 5.92 Å². The van der Waals surface area contributed by atoms with Gasteiger partial charge >= 0.3 is 5.97 Å². The molecule has 1 saturated heterocycles. The van der Waals surface area contributed by atoms with Crippen molar-refractivity contribution in [3.8, 4) is 0 Å². The fraction of sp³-hybridized carbons (Fsp3) is 0.314. The number of likely N-dealkylation sites (tertiary alicyclic amines) is 1. The number of hydrogen-bond donors (Lipinski definition) is 1. The SMILES string of the molecule is CC(C)C(=O)Nc1cccc(C2CCN(CCC(OC(=O)c3cccc4ccccc34)c3ccccc3)CC2)c1. The van der Waals surface area contributed by atoms with Gasteiger partial charge in [-0.15, -0.1) is 0 Å². The first-order valence-corrected chi connectivity index (χ1v) is 14.3. The van der Waals surface area contributed by atoms with Gasteiger partial charge in [-0.3, -0.25) is 4.79 Å². The van der Waals surface area contributed by atoms with Gasteiger partial charge < -0.3 is 15.0 Å². The Bertz CT molecular complexity index is 1440. The number of hydrogen-bond acceptors (Lipinski definition) is 4. The van der Waals surface area contributed by atoms with E-state index in [4.69, 9.17) is 4.74 Å². The summed E-state index contributed by atoms with van der Waals surface area (Å²) in [4.78, 5) is 28.0. The van der Waals surface area contributed by atoms with Crippen LogP contribution in [0.25, 0.3) is 10.8 Å². The zero-order valence-corrected chi connectivity index (χ0v) is 23.4. The molecule has 5 heteroatoms. The Labute approximate surface area is 237 Å². The van der Waals surface area contributed by atoms with Crippen LogP contribution in [0.2, 0.25) is 0 Å². The van der Waals surface area contributed by atoms with Gasteiger partial charge in [0, 0.05) is 24.6 Å². The summed E-state index contributed by atoms with van der Waals surface area (Å²) < 4.78 is 6.17. The summed E-state index contributed by atoms with van der Waals surface area (Å²) in [7, 11) is 0. The number of benzene rings is 4. The van der Waals surface area contributed by atoms with Gasteiger partial charge in [0.15, 0.2) is 0 Å². The van der Waals surface area contributed by atoms with Crippen molar-refractivity contribution in [2.75, 3.05) is 25.0 Å². The number of carbonyl (C=O) groups is 2. The van der Waals surface area contributed by atoms with Gasteiger partial charge in [0.2, 0.25) is 5.91 Å².